The Morgan fingerprint density at radius 2 is 2.16 bits per heavy atom. The molecule has 0 spiro atoms. The molecule has 7 nitrogen and oxygen atoms in total. The number of pyridine rings is 1. The zero-order chi connectivity index (χ0) is 14.0. The zero-order valence-corrected chi connectivity index (χ0v) is 10.0. The highest BCUT2D eigenvalue weighted by Crippen LogP contribution is 2.22. The summed E-state index contributed by atoms with van der Waals surface area (Å²) < 4.78 is 4.83. The van der Waals surface area contributed by atoms with E-state index in [9.17, 15) is 19.7 Å². The third kappa shape index (κ3) is 2.44. The molecule has 2 rings (SSSR count). The van der Waals surface area contributed by atoms with Gasteiger partial charge in [0.05, 0.1) is 17.1 Å². The first-order valence-corrected chi connectivity index (χ1v) is 5.51. The lowest BCUT2D eigenvalue weighted by atomic mass is 10.1. The van der Waals surface area contributed by atoms with Gasteiger partial charge in [-0.3, -0.25) is 14.9 Å². The number of ether oxygens (including phenoxy) is 1. The minimum absolute atomic E-state index is 0.0179. The van der Waals surface area contributed by atoms with Crippen molar-refractivity contribution >= 4 is 22.6 Å². The molecule has 0 saturated heterocycles. The Morgan fingerprint density at radius 1 is 1.42 bits per heavy atom. The summed E-state index contributed by atoms with van der Waals surface area (Å²) in [7, 11) is 0. The SMILES string of the molecule is CCOC(=O)c1cc(=O)[nH]c2ccc([N+](=O)[O-])cc12. The van der Waals surface area contributed by atoms with Crippen molar-refractivity contribution in [1.82, 2.24) is 4.98 Å². The molecule has 19 heavy (non-hydrogen) atoms. The summed E-state index contributed by atoms with van der Waals surface area (Å²) in [6.07, 6.45) is 0. The van der Waals surface area contributed by atoms with Crippen LogP contribution < -0.4 is 5.56 Å². The minimum atomic E-state index is -0.681. The van der Waals surface area contributed by atoms with Crippen LogP contribution in [-0.4, -0.2) is 22.5 Å². The molecule has 1 heterocycles. The molecular weight excluding hydrogens is 252 g/mol. The Bertz CT molecular complexity index is 720. The molecule has 0 aliphatic carbocycles. The number of hydrogen-bond acceptors (Lipinski definition) is 5. The van der Waals surface area contributed by atoms with Crippen LogP contribution in [0.4, 0.5) is 5.69 Å². The number of nitrogens with one attached hydrogen (secondary N) is 1. The van der Waals surface area contributed by atoms with Crippen LogP contribution in [0.3, 0.4) is 0 Å². The second-order valence-corrected chi connectivity index (χ2v) is 3.75. The Morgan fingerprint density at radius 3 is 2.79 bits per heavy atom. The van der Waals surface area contributed by atoms with Crippen molar-refractivity contribution < 1.29 is 14.5 Å². The summed E-state index contributed by atoms with van der Waals surface area (Å²) in [5.41, 5.74) is -0.264. The quantitative estimate of drug-likeness (QED) is 0.514. The average molecular weight is 262 g/mol. The van der Waals surface area contributed by atoms with Gasteiger partial charge in [0.25, 0.3) is 5.69 Å². The molecule has 98 valence electrons. The molecule has 0 unspecified atom stereocenters. The molecule has 0 atom stereocenters. The number of rotatable bonds is 3. The number of carbonyl (C=O) groups is 1. The van der Waals surface area contributed by atoms with Gasteiger partial charge in [-0.1, -0.05) is 0 Å². The van der Waals surface area contributed by atoms with Crippen LogP contribution in [0.5, 0.6) is 0 Å². The van der Waals surface area contributed by atoms with Crippen molar-refractivity contribution in [2.45, 2.75) is 6.92 Å². The fraction of sp³-hybridized carbons (Fsp3) is 0.167. The number of nitro benzene ring substituents is 1. The fourth-order valence-corrected chi connectivity index (χ4v) is 1.73. The van der Waals surface area contributed by atoms with Gasteiger partial charge in [0.2, 0.25) is 5.56 Å². The summed E-state index contributed by atoms with van der Waals surface area (Å²) in [5, 5.41) is 11.0. The molecule has 0 aliphatic heterocycles. The molecule has 0 fully saturated rings. The van der Waals surface area contributed by atoms with Crippen LogP contribution >= 0.6 is 0 Å². The lowest BCUT2D eigenvalue weighted by Gasteiger charge is -2.05. The number of fused-ring (bicyclic) bond motifs is 1. The molecule has 0 saturated carbocycles. The second-order valence-electron chi connectivity index (χ2n) is 3.75. The van der Waals surface area contributed by atoms with E-state index in [0.717, 1.165) is 6.07 Å². The van der Waals surface area contributed by atoms with Gasteiger partial charge in [-0.2, -0.15) is 0 Å². The topological polar surface area (TPSA) is 102 Å². The maximum Gasteiger partial charge on any atom is 0.339 e. The largest absolute Gasteiger partial charge is 0.462 e. The highest BCUT2D eigenvalue weighted by molar-refractivity contribution is 6.03. The fourth-order valence-electron chi connectivity index (χ4n) is 1.73. The highest BCUT2D eigenvalue weighted by atomic mass is 16.6. The number of carbonyl (C=O) groups excluding carboxylic acids is 1. The zero-order valence-electron chi connectivity index (χ0n) is 10.0. The van der Waals surface area contributed by atoms with Gasteiger partial charge in [0, 0.05) is 29.1 Å². The summed E-state index contributed by atoms with van der Waals surface area (Å²) in [5.74, 6) is -0.681. The second kappa shape index (κ2) is 4.89. The van der Waals surface area contributed by atoms with Crippen LogP contribution in [0.25, 0.3) is 10.9 Å². The number of aromatic nitrogens is 1. The van der Waals surface area contributed by atoms with Crippen molar-refractivity contribution in [1.29, 1.82) is 0 Å². The molecule has 0 amide bonds. The Hall–Kier alpha value is -2.70. The first-order chi connectivity index (χ1) is 9.02. The number of benzene rings is 1. The van der Waals surface area contributed by atoms with E-state index < -0.39 is 16.5 Å². The van der Waals surface area contributed by atoms with Crippen molar-refractivity contribution in [3.05, 3.63) is 50.3 Å². The van der Waals surface area contributed by atoms with E-state index in [2.05, 4.69) is 4.98 Å². The number of aromatic amines is 1. The molecular formula is C12H10N2O5. The Labute approximate surface area is 107 Å². The smallest absolute Gasteiger partial charge is 0.339 e. The van der Waals surface area contributed by atoms with E-state index in [0.29, 0.717) is 5.52 Å². The molecule has 0 bridgehead atoms. The van der Waals surface area contributed by atoms with Crippen molar-refractivity contribution in [2.24, 2.45) is 0 Å². The molecule has 0 radical (unpaired) electrons. The van der Waals surface area contributed by atoms with E-state index >= 15 is 0 Å². The summed E-state index contributed by atoms with van der Waals surface area (Å²) >= 11 is 0. The van der Waals surface area contributed by atoms with Crippen LogP contribution in [0.15, 0.2) is 29.1 Å². The highest BCUT2D eigenvalue weighted by Gasteiger charge is 2.15. The summed E-state index contributed by atoms with van der Waals surface area (Å²) in [6, 6.07) is 4.95. The van der Waals surface area contributed by atoms with Gasteiger partial charge in [0.15, 0.2) is 0 Å². The van der Waals surface area contributed by atoms with E-state index in [1.165, 1.54) is 18.2 Å². The van der Waals surface area contributed by atoms with Crippen LogP contribution in [0.2, 0.25) is 0 Å². The predicted molar refractivity (Wildman–Crippen MR) is 67.2 cm³/mol. The number of hydrogen-bond donors (Lipinski definition) is 1. The normalized spacial score (nSPS) is 10.4. The third-order valence-electron chi connectivity index (χ3n) is 2.53. The number of H-pyrrole nitrogens is 1. The van der Waals surface area contributed by atoms with E-state index in [-0.39, 0.29) is 23.2 Å². The third-order valence-corrected chi connectivity index (χ3v) is 2.53. The maximum atomic E-state index is 11.7. The molecule has 1 aromatic heterocycles. The van der Waals surface area contributed by atoms with Gasteiger partial charge >= 0.3 is 5.97 Å². The summed E-state index contributed by atoms with van der Waals surface area (Å²) in [4.78, 5) is 35.9. The lowest BCUT2D eigenvalue weighted by Crippen LogP contribution is -2.13. The van der Waals surface area contributed by atoms with Crippen molar-refractivity contribution in [3.63, 3.8) is 0 Å². The number of nitro groups is 1. The van der Waals surface area contributed by atoms with E-state index in [1.54, 1.807) is 6.92 Å². The van der Waals surface area contributed by atoms with Gasteiger partial charge < -0.3 is 9.72 Å². The average Bonchev–Trinajstić information content (AvgIpc) is 2.37. The molecule has 0 aliphatic rings. The van der Waals surface area contributed by atoms with E-state index in [1.807, 2.05) is 0 Å². The van der Waals surface area contributed by atoms with Crippen LogP contribution in [-0.2, 0) is 4.74 Å². The molecule has 2 aromatic rings. The minimum Gasteiger partial charge on any atom is -0.462 e. The van der Waals surface area contributed by atoms with Gasteiger partial charge in [-0.25, -0.2) is 4.79 Å². The predicted octanol–water partition coefficient (Wildman–Crippen LogP) is 1.61. The monoisotopic (exact) mass is 262 g/mol. The van der Waals surface area contributed by atoms with Crippen LogP contribution in [0.1, 0.15) is 17.3 Å². The lowest BCUT2D eigenvalue weighted by molar-refractivity contribution is -0.384. The number of esters is 1. The van der Waals surface area contributed by atoms with Crippen molar-refractivity contribution in [2.75, 3.05) is 6.61 Å². The van der Waals surface area contributed by atoms with Gasteiger partial charge in [0.1, 0.15) is 0 Å². The van der Waals surface area contributed by atoms with Gasteiger partial charge in [-0.05, 0) is 13.0 Å². The maximum absolute atomic E-state index is 11.7. The number of non-ortho nitro benzene ring substituents is 1. The standard InChI is InChI=1S/C12H10N2O5/c1-2-19-12(16)9-6-11(15)13-10-4-3-7(14(17)18)5-8(9)10/h3-6H,2H2,1H3,(H,13,15). The van der Waals surface area contributed by atoms with Crippen LogP contribution in [0, 0.1) is 10.1 Å². The summed E-state index contributed by atoms with van der Waals surface area (Å²) in [6.45, 7) is 1.79. The molecule has 1 aromatic carbocycles. The Balaban J connectivity index is 2.72. The number of nitrogens with zero attached hydrogens (tertiary/aromatic N) is 1. The van der Waals surface area contributed by atoms with Crippen molar-refractivity contribution in [3.8, 4) is 0 Å². The Kier molecular flexibility index (Phi) is 3.28. The van der Waals surface area contributed by atoms with E-state index in [4.69, 9.17) is 4.74 Å². The first-order valence-electron chi connectivity index (χ1n) is 5.51. The molecule has 7 heteroatoms. The first kappa shape index (κ1) is 12.7. The van der Waals surface area contributed by atoms with Gasteiger partial charge in [-0.15, -0.1) is 0 Å². The molecule has 1 N–H and O–H groups in total.